The smallest absolute Gasteiger partial charge is 0.287 e. The first-order valence-corrected chi connectivity index (χ1v) is 10.5. The first-order valence-electron chi connectivity index (χ1n) is 10.5. The molecule has 0 saturated carbocycles. The largest absolute Gasteiger partial charge is 0.454 e. The number of ether oxygens (including phenoxy) is 2. The molecule has 3 aromatic carbocycles. The molecule has 0 saturated heterocycles. The predicted octanol–water partition coefficient (Wildman–Crippen LogP) is 4.09. The maximum atomic E-state index is 12.9. The Kier molecular flexibility index (Phi) is 6.80. The quantitative estimate of drug-likeness (QED) is 0.328. The molecule has 166 valence electrons. The fourth-order valence-electron chi connectivity index (χ4n) is 3.22. The van der Waals surface area contributed by atoms with Crippen LogP contribution in [0.25, 0.3) is 6.08 Å². The van der Waals surface area contributed by atoms with Crippen molar-refractivity contribution in [2.75, 3.05) is 6.79 Å². The van der Waals surface area contributed by atoms with Gasteiger partial charge in [0.1, 0.15) is 5.70 Å². The maximum Gasteiger partial charge on any atom is 0.287 e. The van der Waals surface area contributed by atoms with Crippen LogP contribution >= 0.6 is 0 Å². The number of hydrogen-bond donors (Lipinski definition) is 2. The van der Waals surface area contributed by atoms with E-state index in [0.29, 0.717) is 22.6 Å². The third-order valence-electron chi connectivity index (χ3n) is 5.03. The number of carbonyl (C=O) groups is 2. The first-order chi connectivity index (χ1) is 16.1. The molecule has 1 atom stereocenters. The van der Waals surface area contributed by atoms with E-state index in [4.69, 9.17) is 9.47 Å². The number of amides is 2. The molecule has 2 N–H and O–H groups in total. The second-order valence-corrected chi connectivity index (χ2v) is 7.41. The van der Waals surface area contributed by atoms with Crippen LogP contribution in [0.5, 0.6) is 11.5 Å². The zero-order valence-electron chi connectivity index (χ0n) is 18.0. The summed E-state index contributed by atoms with van der Waals surface area (Å²) in [6, 6.07) is 23.8. The van der Waals surface area contributed by atoms with E-state index in [2.05, 4.69) is 15.8 Å². The van der Waals surface area contributed by atoms with Crippen molar-refractivity contribution >= 4 is 24.1 Å². The van der Waals surface area contributed by atoms with E-state index in [9.17, 15) is 9.59 Å². The van der Waals surface area contributed by atoms with Crippen molar-refractivity contribution < 1.29 is 19.1 Å². The molecule has 7 nitrogen and oxygen atoms in total. The highest BCUT2D eigenvalue weighted by atomic mass is 16.7. The maximum absolute atomic E-state index is 12.9. The Balaban J connectivity index is 1.53. The van der Waals surface area contributed by atoms with Gasteiger partial charge in [-0.3, -0.25) is 9.59 Å². The van der Waals surface area contributed by atoms with Gasteiger partial charge < -0.3 is 14.8 Å². The Morgan fingerprint density at radius 2 is 1.64 bits per heavy atom. The van der Waals surface area contributed by atoms with Crippen LogP contribution in [0.1, 0.15) is 34.3 Å². The van der Waals surface area contributed by atoms with E-state index >= 15 is 0 Å². The Labute approximate surface area is 191 Å². The fourth-order valence-corrected chi connectivity index (χ4v) is 3.22. The van der Waals surface area contributed by atoms with Crippen molar-refractivity contribution in [2.45, 2.75) is 12.8 Å². The minimum absolute atomic E-state index is 0.00620. The standard InChI is InChI=1S/C26H23N3O4/c1-18(20-8-4-2-5-9-20)16-27-29-26(31)22(28-25(30)21-10-6-3-7-11-21)14-19-12-13-23-24(15-19)33-17-32-23/h2-16,18H,17H2,1H3,(H,28,30)(H,29,31)/b22-14+,27-16-/t18-/m0/s1. The molecule has 33 heavy (non-hydrogen) atoms. The first kappa shape index (κ1) is 21.8. The molecule has 3 aromatic rings. The molecule has 1 heterocycles. The molecule has 4 rings (SSSR count). The molecule has 0 unspecified atom stereocenters. The normalized spacial score (nSPS) is 13.5. The second kappa shape index (κ2) is 10.3. The molecular weight excluding hydrogens is 418 g/mol. The van der Waals surface area contributed by atoms with Crippen molar-refractivity contribution in [3.05, 3.63) is 101 Å². The predicted molar refractivity (Wildman–Crippen MR) is 126 cm³/mol. The molecule has 7 heteroatoms. The molecule has 1 aliphatic heterocycles. The zero-order valence-corrected chi connectivity index (χ0v) is 18.0. The summed E-state index contributed by atoms with van der Waals surface area (Å²) in [5, 5.41) is 6.77. The molecule has 0 aliphatic carbocycles. The molecule has 0 fully saturated rings. The van der Waals surface area contributed by atoms with E-state index in [0.717, 1.165) is 5.56 Å². The number of benzene rings is 3. The van der Waals surface area contributed by atoms with Gasteiger partial charge in [0, 0.05) is 17.7 Å². The topological polar surface area (TPSA) is 89.0 Å². The van der Waals surface area contributed by atoms with E-state index in [1.54, 1.807) is 54.8 Å². The number of hydrazone groups is 1. The van der Waals surface area contributed by atoms with Crippen LogP contribution < -0.4 is 20.2 Å². The zero-order chi connectivity index (χ0) is 23.0. The van der Waals surface area contributed by atoms with Crippen LogP contribution in [0.4, 0.5) is 0 Å². The van der Waals surface area contributed by atoms with E-state index in [1.807, 2.05) is 43.3 Å². The molecule has 0 radical (unpaired) electrons. The highest BCUT2D eigenvalue weighted by Crippen LogP contribution is 2.33. The highest BCUT2D eigenvalue weighted by molar-refractivity contribution is 6.05. The Hall–Kier alpha value is -4.39. The van der Waals surface area contributed by atoms with Gasteiger partial charge in [0.15, 0.2) is 11.5 Å². The van der Waals surface area contributed by atoms with E-state index < -0.39 is 11.8 Å². The molecule has 0 bridgehead atoms. The third kappa shape index (κ3) is 5.65. The van der Waals surface area contributed by atoms with Gasteiger partial charge in [-0.1, -0.05) is 61.5 Å². The Bertz CT molecular complexity index is 1190. The molecule has 0 aromatic heterocycles. The van der Waals surface area contributed by atoms with Gasteiger partial charge in [0.05, 0.1) is 0 Å². The Morgan fingerprint density at radius 1 is 0.939 bits per heavy atom. The van der Waals surface area contributed by atoms with Crippen molar-refractivity contribution in [1.29, 1.82) is 0 Å². The summed E-state index contributed by atoms with van der Waals surface area (Å²) in [7, 11) is 0. The lowest BCUT2D eigenvalue weighted by atomic mass is 10.0. The van der Waals surface area contributed by atoms with Crippen molar-refractivity contribution in [2.24, 2.45) is 5.10 Å². The third-order valence-corrected chi connectivity index (χ3v) is 5.03. The van der Waals surface area contributed by atoms with Crippen LogP contribution in [0.15, 0.2) is 89.7 Å². The van der Waals surface area contributed by atoms with Gasteiger partial charge in [0.25, 0.3) is 11.8 Å². The van der Waals surface area contributed by atoms with Crippen LogP contribution in [-0.4, -0.2) is 24.8 Å². The van der Waals surface area contributed by atoms with Gasteiger partial charge in [-0.15, -0.1) is 0 Å². The monoisotopic (exact) mass is 441 g/mol. The van der Waals surface area contributed by atoms with E-state index in [-0.39, 0.29) is 18.4 Å². The minimum atomic E-state index is -0.548. The number of nitrogens with zero attached hydrogens (tertiary/aromatic N) is 1. The van der Waals surface area contributed by atoms with Crippen LogP contribution in [0.2, 0.25) is 0 Å². The van der Waals surface area contributed by atoms with Gasteiger partial charge in [0.2, 0.25) is 6.79 Å². The van der Waals surface area contributed by atoms with Crippen molar-refractivity contribution in [1.82, 2.24) is 10.7 Å². The van der Waals surface area contributed by atoms with E-state index in [1.165, 1.54) is 0 Å². The summed E-state index contributed by atoms with van der Waals surface area (Å²) in [6.07, 6.45) is 3.21. The molecule has 0 spiro atoms. The Morgan fingerprint density at radius 3 is 2.39 bits per heavy atom. The summed E-state index contributed by atoms with van der Waals surface area (Å²) in [4.78, 5) is 25.6. The molecular formula is C26H23N3O4. The number of rotatable bonds is 7. The lowest BCUT2D eigenvalue weighted by Gasteiger charge is -2.10. The van der Waals surface area contributed by atoms with Crippen molar-refractivity contribution in [3.8, 4) is 11.5 Å². The highest BCUT2D eigenvalue weighted by Gasteiger charge is 2.17. The number of carbonyl (C=O) groups excluding carboxylic acids is 2. The number of fused-ring (bicyclic) bond motifs is 1. The summed E-state index contributed by atoms with van der Waals surface area (Å²) in [5.41, 5.74) is 4.73. The summed E-state index contributed by atoms with van der Waals surface area (Å²) >= 11 is 0. The summed E-state index contributed by atoms with van der Waals surface area (Å²) < 4.78 is 10.7. The van der Waals surface area contributed by atoms with Crippen molar-refractivity contribution in [3.63, 3.8) is 0 Å². The van der Waals surface area contributed by atoms with Gasteiger partial charge in [-0.2, -0.15) is 5.10 Å². The van der Waals surface area contributed by atoms with Gasteiger partial charge in [-0.05, 0) is 41.5 Å². The molecule has 1 aliphatic rings. The summed E-state index contributed by atoms with van der Waals surface area (Å²) in [6.45, 7) is 2.13. The number of nitrogens with one attached hydrogen (secondary N) is 2. The fraction of sp³-hybridized carbons (Fsp3) is 0.115. The molecule has 2 amide bonds. The average molecular weight is 441 g/mol. The van der Waals surface area contributed by atoms with Gasteiger partial charge in [-0.25, -0.2) is 5.43 Å². The summed E-state index contributed by atoms with van der Waals surface area (Å²) in [5.74, 6) is 0.262. The van der Waals surface area contributed by atoms with Gasteiger partial charge >= 0.3 is 0 Å². The van der Waals surface area contributed by atoms with Crippen LogP contribution in [0, 0.1) is 0 Å². The lowest BCUT2D eigenvalue weighted by molar-refractivity contribution is -0.117. The SMILES string of the molecule is C[C@@H](/C=N\NC(=O)/C(=C\c1ccc2c(c1)OCO2)NC(=O)c1ccccc1)c1ccccc1. The van der Waals surface area contributed by atoms with Crippen LogP contribution in [0.3, 0.4) is 0 Å². The minimum Gasteiger partial charge on any atom is -0.454 e. The lowest BCUT2D eigenvalue weighted by Crippen LogP contribution is -2.32. The van der Waals surface area contributed by atoms with Crippen LogP contribution in [-0.2, 0) is 4.79 Å². The average Bonchev–Trinajstić information content (AvgIpc) is 3.32. The second-order valence-electron chi connectivity index (χ2n) is 7.41. The number of hydrogen-bond acceptors (Lipinski definition) is 5.